The van der Waals surface area contributed by atoms with Crippen molar-refractivity contribution in [2.75, 3.05) is 36.4 Å². The van der Waals surface area contributed by atoms with Crippen LogP contribution in [0.25, 0.3) is 0 Å². The van der Waals surface area contributed by atoms with Gasteiger partial charge in [-0.05, 0) is 54.7 Å². The van der Waals surface area contributed by atoms with Crippen molar-refractivity contribution in [2.24, 2.45) is 5.92 Å². The molecule has 42 heavy (non-hydrogen) atoms. The van der Waals surface area contributed by atoms with Gasteiger partial charge in [0.25, 0.3) is 5.91 Å². The van der Waals surface area contributed by atoms with Crippen LogP contribution in [-0.2, 0) is 20.8 Å². The van der Waals surface area contributed by atoms with Crippen LogP contribution in [0.5, 0.6) is 0 Å². The Morgan fingerprint density at radius 2 is 1.76 bits per heavy atom. The van der Waals surface area contributed by atoms with Gasteiger partial charge >= 0.3 is 5.97 Å². The number of carbonyl (C=O) groups excluding carboxylic acids is 3. The first-order valence-electron chi connectivity index (χ1n) is 14.3. The summed E-state index contributed by atoms with van der Waals surface area (Å²) < 4.78 is 0. The standard InChI is InChI=1S/C32H35N5O5/c38-29(18-22-6-2-1-3-7-22)34-27-19-24(31(41)35-26(20-30(39)40)25-8-4-13-33-21-25)11-12-28(27)36-14-5-15-37(17-16-36)32(42)23-9-10-23/h1-4,6-8,11-13,19,21,23,26H,5,9-10,14-18,20H2,(H,34,38)(H,35,41)(H,39,40). The zero-order valence-electron chi connectivity index (χ0n) is 23.4. The van der Waals surface area contributed by atoms with E-state index in [1.54, 1.807) is 30.5 Å². The zero-order chi connectivity index (χ0) is 29.5. The van der Waals surface area contributed by atoms with Crippen LogP contribution in [0.3, 0.4) is 0 Å². The van der Waals surface area contributed by atoms with Crippen molar-refractivity contribution < 1.29 is 24.3 Å². The number of benzene rings is 2. The number of amides is 3. The molecule has 3 N–H and O–H groups in total. The van der Waals surface area contributed by atoms with Gasteiger partial charge in [-0.3, -0.25) is 24.2 Å². The maximum Gasteiger partial charge on any atom is 0.305 e. The van der Waals surface area contributed by atoms with Gasteiger partial charge in [0, 0.05) is 50.1 Å². The number of rotatable bonds is 10. The van der Waals surface area contributed by atoms with Crippen LogP contribution in [0.2, 0.25) is 0 Å². The van der Waals surface area contributed by atoms with Crippen molar-refractivity contribution in [3.63, 3.8) is 0 Å². The van der Waals surface area contributed by atoms with Crippen molar-refractivity contribution >= 4 is 35.1 Å². The third kappa shape index (κ3) is 7.51. The highest BCUT2D eigenvalue weighted by atomic mass is 16.4. The number of hydrogen-bond donors (Lipinski definition) is 3. The van der Waals surface area contributed by atoms with E-state index in [9.17, 15) is 24.3 Å². The maximum absolute atomic E-state index is 13.4. The third-order valence-corrected chi connectivity index (χ3v) is 7.59. The number of nitrogens with one attached hydrogen (secondary N) is 2. The molecule has 2 heterocycles. The second-order valence-electron chi connectivity index (χ2n) is 10.8. The fourth-order valence-corrected chi connectivity index (χ4v) is 5.25. The number of nitrogens with zero attached hydrogens (tertiary/aromatic N) is 3. The Labute approximate surface area is 244 Å². The molecule has 1 aliphatic carbocycles. The molecule has 2 fully saturated rings. The lowest BCUT2D eigenvalue weighted by molar-refractivity contribution is -0.137. The van der Waals surface area contributed by atoms with Gasteiger partial charge in [0.1, 0.15) is 0 Å². The van der Waals surface area contributed by atoms with Gasteiger partial charge in [-0.25, -0.2) is 0 Å². The lowest BCUT2D eigenvalue weighted by Gasteiger charge is -2.27. The second-order valence-corrected chi connectivity index (χ2v) is 10.8. The monoisotopic (exact) mass is 569 g/mol. The quantitative estimate of drug-likeness (QED) is 0.340. The van der Waals surface area contributed by atoms with Crippen LogP contribution in [0.1, 0.15) is 53.2 Å². The third-order valence-electron chi connectivity index (χ3n) is 7.59. The predicted molar refractivity (Wildman–Crippen MR) is 158 cm³/mol. The van der Waals surface area contributed by atoms with E-state index in [0.717, 1.165) is 30.5 Å². The molecule has 1 saturated heterocycles. The number of aromatic nitrogens is 1. The van der Waals surface area contributed by atoms with Crippen molar-refractivity contribution in [3.8, 4) is 0 Å². The van der Waals surface area contributed by atoms with Crippen LogP contribution in [0.15, 0.2) is 73.1 Å². The number of aliphatic carboxylic acids is 1. The molecular formula is C32H35N5O5. The fraction of sp³-hybridized carbons (Fsp3) is 0.344. The minimum Gasteiger partial charge on any atom is -0.481 e. The van der Waals surface area contributed by atoms with Gasteiger partial charge in [0.2, 0.25) is 11.8 Å². The first-order chi connectivity index (χ1) is 20.4. The van der Waals surface area contributed by atoms with Gasteiger partial charge in [-0.1, -0.05) is 36.4 Å². The van der Waals surface area contributed by atoms with Gasteiger partial charge in [0.05, 0.1) is 30.3 Å². The first-order valence-corrected chi connectivity index (χ1v) is 14.3. The molecule has 3 amide bonds. The summed E-state index contributed by atoms with van der Waals surface area (Å²) in [5, 5.41) is 15.3. The smallest absolute Gasteiger partial charge is 0.305 e. The number of carboxylic acids is 1. The predicted octanol–water partition coefficient (Wildman–Crippen LogP) is 3.66. The van der Waals surface area contributed by atoms with Crippen LogP contribution in [0.4, 0.5) is 11.4 Å². The largest absolute Gasteiger partial charge is 0.481 e. The molecule has 1 atom stereocenters. The topological polar surface area (TPSA) is 132 Å². The summed E-state index contributed by atoms with van der Waals surface area (Å²) in [6.07, 6.45) is 5.70. The Kier molecular flexibility index (Phi) is 9.11. The van der Waals surface area contributed by atoms with Gasteiger partial charge < -0.3 is 25.5 Å². The summed E-state index contributed by atoms with van der Waals surface area (Å²) in [6.45, 7) is 2.59. The average molecular weight is 570 g/mol. The maximum atomic E-state index is 13.4. The van der Waals surface area contributed by atoms with E-state index in [0.29, 0.717) is 37.4 Å². The van der Waals surface area contributed by atoms with Crippen molar-refractivity contribution in [2.45, 2.75) is 38.1 Å². The van der Waals surface area contributed by atoms with Crippen molar-refractivity contribution in [3.05, 3.63) is 89.7 Å². The SMILES string of the molecule is O=C(O)CC(NC(=O)c1ccc(N2CCCN(C(=O)C3CC3)CC2)c(NC(=O)Cc2ccccc2)c1)c1cccnc1. The molecule has 5 rings (SSSR count). The molecule has 2 aliphatic rings. The fourth-order valence-electron chi connectivity index (χ4n) is 5.25. The van der Waals surface area contributed by atoms with E-state index in [2.05, 4.69) is 20.5 Å². The summed E-state index contributed by atoms with van der Waals surface area (Å²) in [5.74, 6) is -1.35. The van der Waals surface area contributed by atoms with E-state index in [1.807, 2.05) is 41.3 Å². The second kappa shape index (κ2) is 13.3. The highest BCUT2D eigenvalue weighted by Gasteiger charge is 2.34. The zero-order valence-corrected chi connectivity index (χ0v) is 23.4. The number of anilines is 2. The molecule has 10 nitrogen and oxygen atoms in total. The Bertz CT molecular complexity index is 1430. The summed E-state index contributed by atoms with van der Waals surface area (Å²) >= 11 is 0. The molecule has 218 valence electrons. The first kappa shape index (κ1) is 28.8. The molecule has 1 unspecified atom stereocenters. The summed E-state index contributed by atoms with van der Waals surface area (Å²) in [7, 11) is 0. The highest BCUT2D eigenvalue weighted by molar-refractivity contribution is 6.00. The molecule has 2 aromatic carbocycles. The highest BCUT2D eigenvalue weighted by Crippen LogP contribution is 2.33. The molecule has 1 aromatic heterocycles. The summed E-state index contributed by atoms with van der Waals surface area (Å²) in [4.78, 5) is 58.8. The molecule has 0 bridgehead atoms. The molecule has 0 radical (unpaired) electrons. The van der Waals surface area contributed by atoms with E-state index in [4.69, 9.17) is 0 Å². The van der Waals surface area contributed by atoms with Gasteiger partial charge in [-0.2, -0.15) is 0 Å². The molecule has 0 spiro atoms. The molecule has 3 aromatic rings. The number of hydrogen-bond acceptors (Lipinski definition) is 6. The molecular weight excluding hydrogens is 534 g/mol. The number of pyridine rings is 1. The van der Waals surface area contributed by atoms with Gasteiger partial charge in [0.15, 0.2) is 0 Å². The summed E-state index contributed by atoms with van der Waals surface area (Å²) in [5.41, 5.74) is 2.98. The Hall–Kier alpha value is -4.73. The van der Waals surface area contributed by atoms with E-state index in [-0.39, 0.29) is 36.1 Å². The molecule has 1 aliphatic heterocycles. The Morgan fingerprint density at radius 3 is 2.48 bits per heavy atom. The van der Waals surface area contributed by atoms with Crippen LogP contribution in [0, 0.1) is 5.92 Å². The molecule has 10 heteroatoms. The number of carboxylic acid groups (broad SMARTS) is 1. The lowest BCUT2D eigenvalue weighted by Crippen LogP contribution is -2.36. The van der Waals surface area contributed by atoms with E-state index < -0.39 is 17.9 Å². The minimum atomic E-state index is -1.05. The normalized spacial score (nSPS) is 15.8. The van der Waals surface area contributed by atoms with Crippen LogP contribution >= 0.6 is 0 Å². The Balaban J connectivity index is 1.38. The molecule has 1 saturated carbocycles. The van der Waals surface area contributed by atoms with Gasteiger partial charge in [-0.15, -0.1) is 0 Å². The van der Waals surface area contributed by atoms with Crippen molar-refractivity contribution in [1.29, 1.82) is 0 Å². The van der Waals surface area contributed by atoms with E-state index >= 15 is 0 Å². The lowest BCUT2D eigenvalue weighted by atomic mass is 10.0. The Morgan fingerprint density at radius 1 is 0.952 bits per heavy atom. The van der Waals surface area contributed by atoms with Crippen molar-refractivity contribution in [1.82, 2.24) is 15.2 Å². The number of carbonyl (C=O) groups is 4. The van der Waals surface area contributed by atoms with Crippen LogP contribution < -0.4 is 15.5 Å². The average Bonchev–Trinajstić information content (AvgIpc) is 3.85. The minimum absolute atomic E-state index is 0.166. The van der Waals surface area contributed by atoms with Crippen LogP contribution in [-0.4, -0.2) is 64.9 Å². The van der Waals surface area contributed by atoms with E-state index in [1.165, 1.54) is 6.20 Å². The summed E-state index contributed by atoms with van der Waals surface area (Å²) in [6, 6.07) is 17.1.